The van der Waals surface area contributed by atoms with Gasteiger partial charge in [0.2, 0.25) is 0 Å². The van der Waals surface area contributed by atoms with E-state index in [9.17, 15) is 14.0 Å². The lowest BCUT2D eigenvalue weighted by atomic mass is 9.97. The van der Waals surface area contributed by atoms with Crippen LogP contribution in [0.5, 0.6) is 0 Å². The Balaban J connectivity index is 1.42. The summed E-state index contributed by atoms with van der Waals surface area (Å²) in [6.45, 7) is 2.00. The number of fused-ring (bicyclic) bond motifs is 3. The lowest BCUT2D eigenvalue weighted by Crippen LogP contribution is -2.24. The highest BCUT2D eigenvalue weighted by Gasteiger charge is 2.23. The average molecular weight is 507 g/mol. The average Bonchev–Trinajstić information content (AvgIpc) is 3.23. The Morgan fingerprint density at radius 1 is 1.17 bits per heavy atom. The number of aromatic nitrogens is 2. The third kappa shape index (κ3) is 5.06. The van der Waals surface area contributed by atoms with Crippen molar-refractivity contribution >= 4 is 45.4 Å². The molecule has 0 atom stereocenters. The van der Waals surface area contributed by atoms with Crippen molar-refractivity contribution in [1.29, 1.82) is 0 Å². The fourth-order valence-corrected chi connectivity index (χ4v) is 6.20. The van der Waals surface area contributed by atoms with Gasteiger partial charge in [0, 0.05) is 4.88 Å². The van der Waals surface area contributed by atoms with E-state index in [1.54, 1.807) is 28.0 Å². The molecule has 1 aliphatic carbocycles. The zero-order valence-electron chi connectivity index (χ0n) is 19.1. The number of thioether (sulfide) groups is 1. The number of aryl methyl sites for hydroxylation is 3. The molecule has 1 N–H and O–H groups in total. The maximum atomic E-state index is 13.7. The second-order valence-electron chi connectivity index (χ2n) is 8.39. The van der Waals surface area contributed by atoms with Gasteiger partial charge in [0.25, 0.3) is 11.5 Å². The van der Waals surface area contributed by atoms with E-state index >= 15 is 0 Å². The molecule has 6 nitrogen and oxygen atoms in total. The number of thiophene rings is 1. The fraction of sp³-hybridized carbons (Fsp3) is 0.231. The van der Waals surface area contributed by atoms with Gasteiger partial charge in [0.05, 0.1) is 23.0 Å². The van der Waals surface area contributed by atoms with Gasteiger partial charge in [-0.15, -0.1) is 11.3 Å². The number of halogens is 1. The van der Waals surface area contributed by atoms with Crippen molar-refractivity contribution < 1.29 is 9.18 Å². The number of benzene rings is 2. The lowest BCUT2D eigenvalue weighted by Gasteiger charge is -2.13. The van der Waals surface area contributed by atoms with Crippen LogP contribution in [-0.4, -0.2) is 27.4 Å². The second-order valence-corrected chi connectivity index (χ2v) is 10.4. The molecular weight excluding hydrogens is 483 g/mol. The molecular formula is C26H23FN4O2S2. The maximum absolute atomic E-state index is 13.7. The first-order chi connectivity index (χ1) is 17.0. The number of amides is 1. The third-order valence-corrected chi connectivity index (χ3v) is 7.98. The number of carbonyl (C=O) groups is 1. The molecule has 5 rings (SSSR count). The van der Waals surface area contributed by atoms with Crippen LogP contribution in [-0.2, 0) is 17.6 Å². The molecule has 0 spiro atoms. The third-order valence-electron chi connectivity index (χ3n) is 5.86. The first kappa shape index (κ1) is 23.4. The fourth-order valence-electron chi connectivity index (χ4n) is 4.09. The largest absolute Gasteiger partial charge is 0.272 e. The van der Waals surface area contributed by atoms with Crippen LogP contribution in [0, 0.1) is 12.7 Å². The van der Waals surface area contributed by atoms with Crippen molar-refractivity contribution in [1.82, 2.24) is 15.0 Å². The first-order valence-corrected chi connectivity index (χ1v) is 13.1. The number of nitrogens with one attached hydrogen (secondary N) is 1. The van der Waals surface area contributed by atoms with Crippen LogP contribution in [0.2, 0.25) is 0 Å². The Hall–Kier alpha value is -3.30. The van der Waals surface area contributed by atoms with Gasteiger partial charge in [-0.25, -0.2) is 14.8 Å². The van der Waals surface area contributed by atoms with E-state index in [0.29, 0.717) is 16.1 Å². The van der Waals surface area contributed by atoms with E-state index in [1.807, 2.05) is 31.2 Å². The summed E-state index contributed by atoms with van der Waals surface area (Å²) in [5, 5.41) is 5.12. The predicted octanol–water partition coefficient (Wildman–Crippen LogP) is 5.02. The lowest BCUT2D eigenvalue weighted by molar-refractivity contribution is -0.118. The molecule has 0 unspecified atom stereocenters. The minimum Gasteiger partial charge on any atom is -0.272 e. The minimum absolute atomic E-state index is 0.0374. The Bertz CT molecular complexity index is 1470. The van der Waals surface area contributed by atoms with Crippen molar-refractivity contribution in [2.45, 2.75) is 37.8 Å². The van der Waals surface area contributed by atoms with Gasteiger partial charge < -0.3 is 0 Å². The summed E-state index contributed by atoms with van der Waals surface area (Å²) in [6, 6.07) is 13.5. The number of carbonyl (C=O) groups excluding carboxylic acids is 1. The van der Waals surface area contributed by atoms with Crippen LogP contribution < -0.4 is 11.0 Å². The Morgan fingerprint density at radius 3 is 2.69 bits per heavy atom. The zero-order chi connectivity index (χ0) is 24.4. The summed E-state index contributed by atoms with van der Waals surface area (Å²) in [4.78, 5) is 33.0. The first-order valence-electron chi connectivity index (χ1n) is 11.3. The summed E-state index contributed by atoms with van der Waals surface area (Å²) >= 11 is 2.79. The van der Waals surface area contributed by atoms with Gasteiger partial charge in [0.15, 0.2) is 5.16 Å². The van der Waals surface area contributed by atoms with E-state index in [-0.39, 0.29) is 23.0 Å². The minimum atomic E-state index is -0.335. The SMILES string of the molecule is Cc1ccc(-n2c(SCC(=O)N/N=C\c3ccc(F)cc3)nc3sc4c(c3c2=O)CCCC4)cc1. The van der Waals surface area contributed by atoms with Crippen molar-refractivity contribution in [2.75, 3.05) is 5.75 Å². The summed E-state index contributed by atoms with van der Waals surface area (Å²) in [5.41, 5.74) is 6.01. The van der Waals surface area contributed by atoms with Gasteiger partial charge in [-0.1, -0.05) is 41.6 Å². The van der Waals surface area contributed by atoms with E-state index in [4.69, 9.17) is 4.98 Å². The molecule has 2 heterocycles. The molecule has 2 aromatic carbocycles. The number of hydrazone groups is 1. The van der Waals surface area contributed by atoms with Crippen LogP contribution in [0.3, 0.4) is 0 Å². The number of rotatable bonds is 6. The molecule has 0 radical (unpaired) electrons. The van der Waals surface area contributed by atoms with Crippen molar-refractivity contribution in [2.24, 2.45) is 5.10 Å². The number of hydrogen-bond acceptors (Lipinski definition) is 6. The number of hydrogen-bond donors (Lipinski definition) is 1. The van der Waals surface area contributed by atoms with Gasteiger partial charge >= 0.3 is 0 Å². The Labute approximate surface area is 209 Å². The summed E-state index contributed by atoms with van der Waals surface area (Å²) in [6.07, 6.45) is 5.55. The predicted molar refractivity (Wildman–Crippen MR) is 139 cm³/mol. The van der Waals surface area contributed by atoms with Gasteiger partial charge in [-0.3, -0.25) is 14.2 Å². The molecule has 0 fully saturated rings. The monoisotopic (exact) mass is 506 g/mol. The normalized spacial score (nSPS) is 13.3. The smallest absolute Gasteiger partial charge is 0.267 e. The van der Waals surface area contributed by atoms with Gasteiger partial charge in [0.1, 0.15) is 10.6 Å². The van der Waals surface area contributed by atoms with Crippen LogP contribution >= 0.6 is 23.1 Å². The molecule has 2 aromatic heterocycles. The van der Waals surface area contributed by atoms with E-state index in [2.05, 4.69) is 10.5 Å². The van der Waals surface area contributed by atoms with Crippen LogP contribution in [0.4, 0.5) is 4.39 Å². The molecule has 0 bridgehead atoms. The molecule has 0 saturated heterocycles. The summed E-state index contributed by atoms with van der Waals surface area (Å²) in [5.74, 6) is -0.628. The molecule has 9 heteroatoms. The van der Waals surface area contributed by atoms with Crippen molar-refractivity contribution in [3.05, 3.63) is 86.3 Å². The summed E-state index contributed by atoms with van der Waals surface area (Å²) < 4.78 is 14.6. The molecule has 178 valence electrons. The van der Waals surface area contributed by atoms with Crippen LogP contribution in [0.25, 0.3) is 15.9 Å². The standard InChI is InChI=1S/C26H23FN4O2S2/c1-16-6-12-19(13-7-16)31-25(33)23-20-4-2-3-5-21(20)35-24(23)29-26(31)34-15-22(32)30-28-14-17-8-10-18(27)11-9-17/h6-14H,2-5,15H2,1H3,(H,30,32)/b28-14-. The molecule has 1 aliphatic rings. The maximum Gasteiger partial charge on any atom is 0.267 e. The zero-order valence-corrected chi connectivity index (χ0v) is 20.7. The highest BCUT2D eigenvalue weighted by atomic mass is 32.2. The molecule has 4 aromatic rings. The van der Waals surface area contributed by atoms with Gasteiger partial charge in [-0.05, 0) is 68.0 Å². The highest BCUT2D eigenvalue weighted by molar-refractivity contribution is 7.99. The molecule has 0 saturated carbocycles. The van der Waals surface area contributed by atoms with Crippen LogP contribution in [0.15, 0.2) is 63.6 Å². The summed E-state index contributed by atoms with van der Waals surface area (Å²) in [7, 11) is 0. The van der Waals surface area contributed by atoms with E-state index < -0.39 is 0 Å². The van der Waals surface area contributed by atoms with E-state index in [0.717, 1.165) is 47.3 Å². The topological polar surface area (TPSA) is 76.3 Å². The molecule has 35 heavy (non-hydrogen) atoms. The second kappa shape index (κ2) is 10.1. The van der Waals surface area contributed by atoms with Crippen molar-refractivity contribution in [3.8, 4) is 5.69 Å². The Kier molecular flexibility index (Phi) is 6.79. The quantitative estimate of drug-likeness (QED) is 0.173. The molecule has 1 amide bonds. The Morgan fingerprint density at radius 2 is 1.91 bits per heavy atom. The highest BCUT2D eigenvalue weighted by Crippen LogP contribution is 2.35. The van der Waals surface area contributed by atoms with Crippen LogP contribution in [0.1, 0.15) is 34.4 Å². The van der Waals surface area contributed by atoms with Crippen molar-refractivity contribution in [3.63, 3.8) is 0 Å². The van der Waals surface area contributed by atoms with Gasteiger partial charge in [-0.2, -0.15) is 5.10 Å². The molecule has 0 aliphatic heterocycles. The van der Waals surface area contributed by atoms with E-state index in [1.165, 1.54) is 35.0 Å². The number of nitrogens with zero attached hydrogens (tertiary/aromatic N) is 3.